The summed E-state index contributed by atoms with van der Waals surface area (Å²) in [4.78, 5) is 14.0. The van der Waals surface area contributed by atoms with Gasteiger partial charge >= 0.3 is 6.03 Å². The van der Waals surface area contributed by atoms with Crippen LogP contribution in [0.1, 0.15) is 13.3 Å². The summed E-state index contributed by atoms with van der Waals surface area (Å²) in [5.74, 6) is 0.800. The fraction of sp³-hybridized carbons (Fsp3) is 0.312. The number of carbonyl (C=O) groups is 1. The summed E-state index contributed by atoms with van der Waals surface area (Å²) >= 11 is 0. The number of aromatic nitrogens is 3. The molecule has 114 valence electrons. The van der Waals surface area contributed by atoms with Crippen LogP contribution >= 0.6 is 0 Å². The van der Waals surface area contributed by atoms with Crippen molar-refractivity contribution in [2.45, 2.75) is 13.3 Å². The van der Waals surface area contributed by atoms with Crippen molar-refractivity contribution in [1.29, 1.82) is 0 Å². The number of nitrogens with one attached hydrogen (secondary N) is 1. The molecule has 6 heteroatoms. The summed E-state index contributed by atoms with van der Waals surface area (Å²) in [6.07, 6.45) is 4.70. The molecule has 6 nitrogen and oxygen atoms in total. The summed E-state index contributed by atoms with van der Waals surface area (Å²) in [6, 6.07) is 7.56. The predicted octanol–water partition coefficient (Wildman–Crippen LogP) is 2.67. The summed E-state index contributed by atoms with van der Waals surface area (Å²) in [5, 5.41) is 10.9. The number of hydrogen-bond donors (Lipinski definition) is 1. The van der Waals surface area contributed by atoms with E-state index in [1.807, 2.05) is 40.8 Å². The molecule has 1 N–H and O–H groups in total. The molecule has 1 aliphatic heterocycles. The lowest BCUT2D eigenvalue weighted by Crippen LogP contribution is -2.37. The maximum absolute atomic E-state index is 12.2. The molecule has 0 atom stereocenters. The molecule has 2 heterocycles. The average molecular weight is 297 g/mol. The second-order valence-corrected chi connectivity index (χ2v) is 5.52. The quantitative estimate of drug-likeness (QED) is 0.867. The molecule has 0 aliphatic carbocycles. The Morgan fingerprint density at radius 3 is 2.64 bits per heavy atom. The van der Waals surface area contributed by atoms with Crippen molar-refractivity contribution in [1.82, 2.24) is 19.7 Å². The number of carbonyl (C=O) groups excluding carboxylic acids is 1. The van der Waals surface area contributed by atoms with Gasteiger partial charge in [0.05, 0.1) is 0 Å². The fourth-order valence-electron chi connectivity index (χ4n) is 2.40. The van der Waals surface area contributed by atoms with Crippen LogP contribution in [0.2, 0.25) is 0 Å². The van der Waals surface area contributed by atoms with Gasteiger partial charge in [-0.05, 0) is 37.6 Å². The van der Waals surface area contributed by atoms with Gasteiger partial charge in [-0.15, -0.1) is 10.2 Å². The Labute approximate surface area is 129 Å². The molecule has 0 radical (unpaired) electrons. The van der Waals surface area contributed by atoms with Gasteiger partial charge in [0.25, 0.3) is 0 Å². The van der Waals surface area contributed by atoms with E-state index < -0.39 is 0 Å². The molecule has 0 saturated heterocycles. The van der Waals surface area contributed by atoms with Gasteiger partial charge in [0, 0.05) is 31.4 Å². The number of amides is 2. The van der Waals surface area contributed by atoms with Crippen LogP contribution in [-0.2, 0) is 7.05 Å². The third kappa shape index (κ3) is 3.00. The minimum atomic E-state index is -0.0600. The summed E-state index contributed by atoms with van der Waals surface area (Å²) in [7, 11) is 1.90. The standard InChI is InChI=1S/C16H19N5O/c1-12-7-9-21(10-8-12)16(22)18-14-5-3-13(4-6-14)15-19-17-11-20(15)2/h3-7,11H,8-10H2,1-2H3,(H,18,22). The maximum atomic E-state index is 12.2. The predicted molar refractivity (Wildman–Crippen MR) is 85.4 cm³/mol. The smallest absolute Gasteiger partial charge is 0.320 e. The molecule has 2 aromatic rings. The second-order valence-electron chi connectivity index (χ2n) is 5.52. The number of rotatable bonds is 2. The maximum Gasteiger partial charge on any atom is 0.322 e. The summed E-state index contributed by atoms with van der Waals surface area (Å²) in [5.41, 5.74) is 3.09. The first-order valence-corrected chi connectivity index (χ1v) is 7.29. The molecular formula is C16H19N5O. The molecule has 1 aromatic heterocycles. The van der Waals surface area contributed by atoms with Crippen molar-refractivity contribution < 1.29 is 4.79 Å². The van der Waals surface area contributed by atoms with Crippen molar-refractivity contribution in [3.63, 3.8) is 0 Å². The number of aryl methyl sites for hydroxylation is 1. The van der Waals surface area contributed by atoms with Crippen molar-refractivity contribution in [3.05, 3.63) is 42.2 Å². The number of hydrogen-bond acceptors (Lipinski definition) is 3. The van der Waals surface area contributed by atoms with E-state index in [1.165, 1.54) is 5.57 Å². The van der Waals surface area contributed by atoms with E-state index in [4.69, 9.17) is 0 Å². The van der Waals surface area contributed by atoms with E-state index in [0.717, 1.165) is 30.0 Å². The molecule has 1 aliphatic rings. The Morgan fingerprint density at radius 2 is 2.05 bits per heavy atom. The van der Waals surface area contributed by atoms with E-state index in [0.29, 0.717) is 6.54 Å². The number of nitrogens with zero attached hydrogens (tertiary/aromatic N) is 4. The highest BCUT2D eigenvalue weighted by atomic mass is 16.2. The molecule has 0 unspecified atom stereocenters. The number of benzene rings is 1. The van der Waals surface area contributed by atoms with Crippen LogP contribution in [0.15, 0.2) is 42.2 Å². The minimum Gasteiger partial charge on any atom is -0.320 e. The first-order chi connectivity index (χ1) is 10.6. The van der Waals surface area contributed by atoms with Crippen molar-refractivity contribution in [2.24, 2.45) is 7.05 Å². The van der Waals surface area contributed by atoms with Gasteiger partial charge in [-0.3, -0.25) is 0 Å². The molecular weight excluding hydrogens is 278 g/mol. The Morgan fingerprint density at radius 1 is 1.27 bits per heavy atom. The third-order valence-electron chi connectivity index (χ3n) is 3.83. The van der Waals surface area contributed by atoms with Gasteiger partial charge in [-0.2, -0.15) is 0 Å². The highest BCUT2D eigenvalue weighted by molar-refractivity contribution is 5.89. The first kappa shape index (κ1) is 14.3. The largest absolute Gasteiger partial charge is 0.322 e. The number of anilines is 1. The van der Waals surface area contributed by atoms with E-state index >= 15 is 0 Å². The van der Waals surface area contributed by atoms with Gasteiger partial charge < -0.3 is 14.8 Å². The highest BCUT2D eigenvalue weighted by Gasteiger charge is 2.15. The van der Waals surface area contributed by atoms with Crippen LogP contribution in [-0.4, -0.2) is 38.8 Å². The molecule has 1 aromatic carbocycles. The van der Waals surface area contributed by atoms with Gasteiger partial charge in [-0.1, -0.05) is 11.6 Å². The zero-order chi connectivity index (χ0) is 15.5. The van der Waals surface area contributed by atoms with E-state index in [-0.39, 0.29) is 6.03 Å². The van der Waals surface area contributed by atoms with Gasteiger partial charge in [0.15, 0.2) is 5.82 Å². The highest BCUT2D eigenvalue weighted by Crippen LogP contribution is 2.19. The van der Waals surface area contributed by atoms with Crippen LogP contribution in [0.4, 0.5) is 10.5 Å². The lowest BCUT2D eigenvalue weighted by Gasteiger charge is -2.25. The summed E-state index contributed by atoms with van der Waals surface area (Å²) in [6.45, 7) is 3.54. The van der Waals surface area contributed by atoms with Crippen molar-refractivity contribution in [3.8, 4) is 11.4 Å². The Hall–Kier alpha value is -2.63. The SMILES string of the molecule is CC1=CCN(C(=O)Nc2ccc(-c3nncn3C)cc2)CC1. The van der Waals surface area contributed by atoms with Gasteiger partial charge in [0.1, 0.15) is 6.33 Å². The molecule has 3 rings (SSSR count). The van der Waals surface area contributed by atoms with E-state index in [1.54, 1.807) is 6.33 Å². The fourth-order valence-corrected chi connectivity index (χ4v) is 2.40. The zero-order valence-corrected chi connectivity index (χ0v) is 12.8. The van der Waals surface area contributed by atoms with E-state index in [2.05, 4.69) is 28.5 Å². The van der Waals surface area contributed by atoms with Gasteiger partial charge in [0.2, 0.25) is 0 Å². The lowest BCUT2D eigenvalue weighted by atomic mass is 10.1. The van der Waals surface area contributed by atoms with Crippen molar-refractivity contribution >= 4 is 11.7 Å². The topological polar surface area (TPSA) is 63.1 Å². The minimum absolute atomic E-state index is 0.0600. The van der Waals surface area contributed by atoms with Crippen LogP contribution in [0, 0.1) is 0 Å². The first-order valence-electron chi connectivity index (χ1n) is 7.29. The molecule has 0 fully saturated rings. The van der Waals surface area contributed by atoms with E-state index in [9.17, 15) is 4.79 Å². The Bertz CT molecular complexity index is 702. The molecule has 22 heavy (non-hydrogen) atoms. The molecule has 0 saturated carbocycles. The van der Waals surface area contributed by atoms with Crippen molar-refractivity contribution in [2.75, 3.05) is 18.4 Å². The van der Waals surface area contributed by atoms with Gasteiger partial charge in [-0.25, -0.2) is 4.79 Å². The molecule has 2 amide bonds. The Balaban J connectivity index is 1.66. The molecule has 0 bridgehead atoms. The zero-order valence-electron chi connectivity index (χ0n) is 12.8. The average Bonchev–Trinajstić information content (AvgIpc) is 2.95. The summed E-state index contributed by atoms with van der Waals surface area (Å²) < 4.78 is 1.86. The number of urea groups is 1. The second kappa shape index (κ2) is 6.01. The third-order valence-corrected chi connectivity index (χ3v) is 3.83. The van der Waals surface area contributed by atoms with Crippen LogP contribution in [0.5, 0.6) is 0 Å². The lowest BCUT2D eigenvalue weighted by molar-refractivity contribution is 0.215. The van der Waals surface area contributed by atoms with Crippen LogP contribution in [0.3, 0.4) is 0 Å². The van der Waals surface area contributed by atoms with Crippen LogP contribution < -0.4 is 5.32 Å². The monoisotopic (exact) mass is 297 g/mol. The Kier molecular flexibility index (Phi) is 3.91. The normalized spacial score (nSPS) is 14.6. The molecule has 0 spiro atoms. The van der Waals surface area contributed by atoms with Crippen LogP contribution in [0.25, 0.3) is 11.4 Å².